The first-order valence-corrected chi connectivity index (χ1v) is 9.23. The van der Waals surface area contributed by atoms with Crippen LogP contribution < -0.4 is 5.32 Å². The Hall–Kier alpha value is -1.35. The summed E-state index contributed by atoms with van der Waals surface area (Å²) in [7, 11) is 0. The molecule has 1 saturated carbocycles. The molecule has 1 heterocycles. The second-order valence-electron chi connectivity index (χ2n) is 7.60. The third-order valence-corrected chi connectivity index (χ3v) is 5.28. The molecular formula is C20H30N2O. The number of nitrogens with zero attached hydrogens (tertiary/aromatic N) is 1. The first-order valence-electron chi connectivity index (χ1n) is 9.23. The number of carbonyl (C=O) groups is 1. The lowest BCUT2D eigenvalue weighted by Gasteiger charge is -2.36. The largest absolute Gasteiger partial charge is 0.352 e. The molecule has 1 aliphatic heterocycles. The number of fused-ring (bicyclic) bond motifs is 1. The quantitative estimate of drug-likeness (QED) is 0.904. The van der Waals surface area contributed by atoms with E-state index in [0.29, 0.717) is 18.9 Å². The molecule has 126 valence electrons. The third kappa shape index (κ3) is 4.35. The van der Waals surface area contributed by atoms with Gasteiger partial charge in [0.15, 0.2) is 0 Å². The number of hydrogen-bond acceptors (Lipinski definition) is 2. The minimum atomic E-state index is 0.158. The van der Waals surface area contributed by atoms with Gasteiger partial charge >= 0.3 is 0 Å². The molecule has 3 rings (SSSR count). The second kappa shape index (κ2) is 7.48. The molecule has 2 aliphatic rings. The lowest BCUT2D eigenvalue weighted by molar-refractivity contribution is -0.121. The van der Waals surface area contributed by atoms with E-state index in [4.69, 9.17) is 0 Å². The maximum atomic E-state index is 11.8. The van der Waals surface area contributed by atoms with E-state index in [1.54, 1.807) is 0 Å². The van der Waals surface area contributed by atoms with Crippen LogP contribution in [0.1, 0.15) is 56.2 Å². The number of rotatable bonds is 5. The molecule has 1 N–H and O–H groups in total. The monoisotopic (exact) mass is 314 g/mol. The Bertz CT molecular complexity index is 549. The van der Waals surface area contributed by atoms with Crippen LogP contribution in [0, 0.1) is 5.92 Å². The fraction of sp³-hybridized carbons (Fsp3) is 0.650. The molecule has 0 bridgehead atoms. The Morgan fingerprint density at radius 1 is 1.22 bits per heavy atom. The minimum absolute atomic E-state index is 0.158. The standard InChI is InChI=1S/C20H30N2O/c1-15(2)12-20(23)21-14-16-6-7-17-8-10-22(19-4-3-5-19)11-9-18(17)13-16/h6-7,13,15,19H,3-5,8-12,14H2,1-2H3,(H,21,23). The maximum Gasteiger partial charge on any atom is 0.220 e. The van der Waals surface area contributed by atoms with E-state index in [0.717, 1.165) is 12.5 Å². The molecule has 0 spiro atoms. The summed E-state index contributed by atoms with van der Waals surface area (Å²) < 4.78 is 0. The molecule has 0 radical (unpaired) electrons. The summed E-state index contributed by atoms with van der Waals surface area (Å²) in [5.74, 6) is 0.575. The van der Waals surface area contributed by atoms with Gasteiger partial charge in [0.25, 0.3) is 0 Å². The van der Waals surface area contributed by atoms with Crippen molar-refractivity contribution in [3.63, 3.8) is 0 Å². The Labute approximate surface area is 140 Å². The van der Waals surface area contributed by atoms with E-state index in [-0.39, 0.29) is 5.91 Å². The number of nitrogens with one attached hydrogen (secondary N) is 1. The van der Waals surface area contributed by atoms with Crippen molar-refractivity contribution >= 4 is 5.91 Å². The number of carbonyl (C=O) groups excluding carboxylic acids is 1. The summed E-state index contributed by atoms with van der Waals surface area (Å²) in [6, 6.07) is 7.63. The normalized spacial score (nSPS) is 19.1. The molecule has 1 fully saturated rings. The van der Waals surface area contributed by atoms with Crippen molar-refractivity contribution in [2.24, 2.45) is 5.92 Å². The van der Waals surface area contributed by atoms with Crippen LogP contribution in [0.25, 0.3) is 0 Å². The Morgan fingerprint density at radius 3 is 2.61 bits per heavy atom. The summed E-state index contributed by atoms with van der Waals surface area (Å²) in [4.78, 5) is 14.5. The van der Waals surface area contributed by atoms with E-state index in [1.807, 2.05) is 0 Å². The highest BCUT2D eigenvalue weighted by atomic mass is 16.1. The van der Waals surface area contributed by atoms with Crippen molar-refractivity contribution in [2.45, 2.75) is 65.0 Å². The second-order valence-corrected chi connectivity index (χ2v) is 7.60. The molecule has 3 heteroatoms. The van der Waals surface area contributed by atoms with Crippen LogP contribution in [0.5, 0.6) is 0 Å². The van der Waals surface area contributed by atoms with Gasteiger partial charge in [-0.2, -0.15) is 0 Å². The first-order chi connectivity index (χ1) is 11.1. The van der Waals surface area contributed by atoms with Crippen molar-refractivity contribution in [2.75, 3.05) is 13.1 Å². The van der Waals surface area contributed by atoms with Gasteiger partial charge in [0.05, 0.1) is 0 Å². The summed E-state index contributed by atoms with van der Waals surface area (Å²) in [5.41, 5.74) is 4.23. The Balaban J connectivity index is 1.57. The molecule has 1 aromatic rings. The van der Waals surface area contributed by atoms with Gasteiger partial charge in [-0.15, -0.1) is 0 Å². The zero-order valence-corrected chi connectivity index (χ0v) is 14.6. The molecule has 0 atom stereocenters. The number of amides is 1. The third-order valence-electron chi connectivity index (χ3n) is 5.28. The van der Waals surface area contributed by atoms with Crippen LogP contribution in [-0.4, -0.2) is 29.9 Å². The SMILES string of the molecule is CC(C)CC(=O)NCc1ccc2c(c1)CCN(C1CCC1)CC2. The molecule has 1 aliphatic carbocycles. The van der Waals surface area contributed by atoms with Crippen molar-refractivity contribution in [3.8, 4) is 0 Å². The maximum absolute atomic E-state index is 11.8. The van der Waals surface area contributed by atoms with E-state index in [1.165, 1.54) is 55.5 Å². The van der Waals surface area contributed by atoms with Gasteiger partial charge in [-0.05, 0) is 48.3 Å². The van der Waals surface area contributed by atoms with Crippen molar-refractivity contribution in [1.29, 1.82) is 0 Å². The molecule has 3 nitrogen and oxygen atoms in total. The van der Waals surface area contributed by atoms with Crippen LogP contribution >= 0.6 is 0 Å². The fourth-order valence-corrected chi connectivity index (χ4v) is 3.67. The van der Waals surface area contributed by atoms with Gasteiger partial charge in [-0.3, -0.25) is 9.69 Å². The highest BCUT2D eigenvalue weighted by Gasteiger charge is 2.26. The van der Waals surface area contributed by atoms with Crippen molar-refractivity contribution in [3.05, 3.63) is 34.9 Å². The predicted octanol–water partition coefficient (Wildman–Crippen LogP) is 3.30. The van der Waals surface area contributed by atoms with E-state index in [2.05, 4.69) is 42.3 Å². The summed E-state index contributed by atoms with van der Waals surface area (Å²) >= 11 is 0. The predicted molar refractivity (Wildman–Crippen MR) is 94.4 cm³/mol. The van der Waals surface area contributed by atoms with Gasteiger partial charge in [0, 0.05) is 32.1 Å². The Morgan fingerprint density at radius 2 is 1.96 bits per heavy atom. The lowest BCUT2D eigenvalue weighted by atomic mass is 9.91. The molecule has 1 aromatic carbocycles. The highest BCUT2D eigenvalue weighted by molar-refractivity contribution is 5.76. The zero-order chi connectivity index (χ0) is 16.2. The molecule has 0 aromatic heterocycles. The average molecular weight is 314 g/mol. The smallest absolute Gasteiger partial charge is 0.220 e. The minimum Gasteiger partial charge on any atom is -0.352 e. The lowest BCUT2D eigenvalue weighted by Crippen LogP contribution is -2.41. The Kier molecular flexibility index (Phi) is 5.37. The van der Waals surface area contributed by atoms with Crippen LogP contribution in [0.3, 0.4) is 0 Å². The highest BCUT2D eigenvalue weighted by Crippen LogP contribution is 2.27. The average Bonchev–Trinajstić information content (AvgIpc) is 2.65. The van der Waals surface area contributed by atoms with E-state index < -0.39 is 0 Å². The van der Waals surface area contributed by atoms with Crippen LogP contribution in [0.15, 0.2) is 18.2 Å². The van der Waals surface area contributed by atoms with Gasteiger partial charge in [-0.1, -0.05) is 38.5 Å². The molecule has 23 heavy (non-hydrogen) atoms. The summed E-state index contributed by atoms with van der Waals surface area (Å²) in [6.45, 7) is 7.22. The fourth-order valence-electron chi connectivity index (χ4n) is 3.67. The van der Waals surface area contributed by atoms with Crippen LogP contribution in [-0.2, 0) is 24.2 Å². The van der Waals surface area contributed by atoms with Crippen LogP contribution in [0.4, 0.5) is 0 Å². The number of hydrogen-bond donors (Lipinski definition) is 1. The number of benzene rings is 1. The van der Waals surface area contributed by atoms with Gasteiger partial charge in [0.2, 0.25) is 5.91 Å². The summed E-state index contributed by atoms with van der Waals surface area (Å²) in [6.07, 6.45) is 7.13. The molecule has 0 saturated heterocycles. The van der Waals surface area contributed by atoms with E-state index >= 15 is 0 Å². The van der Waals surface area contributed by atoms with Gasteiger partial charge in [0.1, 0.15) is 0 Å². The molecular weight excluding hydrogens is 284 g/mol. The van der Waals surface area contributed by atoms with Gasteiger partial charge in [-0.25, -0.2) is 0 Å². The first kappa shape index (κ1) is 16.5. The molecule has 1 amide bonds. The topological polar surface area (TPSA) is 32.3 Å². The van der Waals surface area contributed by atoms with Crippen LogP contribution in [0.2, 0.25) is 0 Å². The van der Waals surface area contributed by atoms with E-state index in [9.17, 15) is 4.79 Å². The zero-order valence-electron chi connectivity index (χ0n) is 14.6. The van der Waals surface area contributed by atoms with Crippen molar-refractivity contribution < 1.29 is 4.79 Å². The van der Waals surface area contributed by atoms with Gasteiger partial charge < -0.3 is 5.32 Å². The summed E-state index contributed by atoms with van der Waals surface area (Å²) in [5, 5.41) is 3.05. The van der Waals surface area contributed by atoms with Crippen molar-refractivity contribution in [1.82, 2.24) is 10.2 Å². The molecule has 0 unspecified atom stereocenters.